The summed E-state index contributed by atoms with van der Waals surface area (Å²) in [4.78, 5) is 25.0. The van der Waals surface area contributed by atoms with Crippen molar-refractivity contribution in [3.05, 3.63) is 76.4 Å². The van der Waals surface area contributed by atoms with Crippen molar-refractivity contribution >= 4 is 29.5 Å². The van der Waals surface area contributed by atoms with Crippen LogP contribution in [0, 0.1) is 0 Å². The van der Waals surface area contributed by atoms with Crippen molar-refractivity contribution in [1.29, 1.82) is 0 Å². The lowest BCUT2D eigenvalue weighted by Crippen LogP contribution is -2.44. The lowest BCUT2D eigenvalue weighted by molar-refractivity contribution is -0.119. The monoisotopic (exact) mass is 356 g/mol. The first kappa shape index (κ1) is 18.7. The van der Waals surface area contributed by atoms with Crippen LogP contribution in [0.4, 0.5) is 0 Å². The van der Waals surface area contributed by atoms with Gasteiger partial charge in [-0.2, -0.15) is 0 Å². The van der Waals surface area contributed by atoms with Crippen LogP contribution in [0.1, 0.15) is 36.7 Å². The van der Waals surface area contributed by atoms with Crippen LogP contribution in [-0.4, -0.2) is 17.4 Å². The van der Waals surface area contributed by atoms with Crippen molar-refractivity contribution in [2.75, 3.05) is 0 Å². The first-order valence-corrected chi connectivity index (χ1v) is 8.29. The van der Waals surface area contributed by atoms with Gasteiger partial charge in [0.25, 0.3) is 11.8 Å². The van der Waals surface area contributed by atoms with Crippen LogP contribution in [0.3, 0.4) is 0 Å². The molecule has 25 heavy (non-hydrogen) atoms. The molecule has 2 N–H and O–H groups in total. The number of rotatable bonds is 4. The summed E-state index contributed by atoms with van der Waals surface area (Å²) in [5.74, 6) is -0.736. The predicted molar refractivity (Wildman–Crippen MR) is 101 cm³/mol. The molecule has 0 saturated carbocycles. The van der Waals surface area contributed by atoms with E-state index in [1.165, 1.54) is 0 Å². The summed E-state index contributed by atoms with van der Waals surface area (Å²) in [6.45, 7) is 5.62. The van der Waals surface area contributed by atoms with Crippen LogP contribution in [0.2, 0.25) is 5.02 Å². The molecule has 0 fully saturated rings. The fourth-order valence-electron chi connectivity index (χ4n) is 2.10. The van der Waals surface area contributed by atoms with Crippen LogP contribution in [0.25, 0.3) is 6.08 Å². The van der Waals surface area contributed by atoms with E-state index in [2.05, 4.69) is 10.6 Å². The van der Waals surface area contributed by atoms with E-state index in [1.54, 1.807) is 48.5 Å². The van der Waals surface area contributed by atoms with E-state index < -0.39 is 5.54 Å². The van der Waals surface area contributed by atoms with Crippen molar-refractivity contribution in [2.24, 2.45) is 0 Å². The molecule has 2 amide bonds. The molecule has 5 heteroatoms. The normalized spacial score (nSPS) is 11.8. The minimum Gasteiger partial charge on any atom is -0.346 e. The van der Waals surface area contributed by atoms with E-state index in [9.17, 15) is 9.59 Å². The molecule has 0 saturated heterocycles. The maximum atomic E-state index is 12.6. The molecule has 0 heterocycles. The van der Waals surface area contributed by atoms with Gasteiger partial charge in [0, 0.05) is 16.1 Å². The Morgan fingerprint density at radius 1 is 0.960 bits per heavy atom. The van der Waals surface area contributed by atoms with E-state index in [4.69, 9.17) is 11.6 Å². The lowest BCUT2D eigenvalue weighted by Gasteiger charge is -2.22. The summed E-state index contributed by atoms with van der Waals surface area (Å²) in [5.41, 5.74) is 0.818. The number of hydrogen-bond donors (Lipinski definition) is 2. The molecule has 0 spiro atoms. The van der Waals surface area contributed by atoms with Crippen LogP contribution < -0.4 is 10.6 Å². The quantitative estimate of drug-likeness (QED) is 0.813. The summed E-state index contributed by atoms with van der Waals surface area (Å²) >= 11 is 6.17. The Morgan fingerprint density at radius 3 is 2.16 bits per heavy atom. The molecule has 0 aromatic heterocycles. The third-order valence-corrected chi connectivity index (χ3v) is 3.57. The van der Waals surface area contributed by atoms with Crippen LogP contribution >= 0.6 is 11.6 Å². The van der Waals surface area contributed by atoms with E-state index in [-0.39, 0.29) is 17.5 Å². The maximum absolute atomic E-state index is 12.6. The summed E-state index contributed by atoms with van der Waals surface area (Å²) in [6.07, 6.45) is 1.57. The van der Waals surface area contributed by atoms with Gasteiger partial charge in [-0.1, -0.05) is 48.0 Å². The van der Waals surface area contributed by atoms with Crippen LogP contribution in [0.15, 0.2) is 60.3 Å². The maximum Gasteiger partial charge on any atom is 0.268 e. The molecule has 4 nitrogen and oxygen atoms in total. The van der Waals surface area contributed by atoms with Crippen molar-refractivity contribution in [2.45, 2.75) is 26.3 Å². The fraction of sp³-hybridized carbons (Fsp3) is 0.200. The highest BCUT2D eigenvalue weighted by Crippen LogP contribution is 2.18. The molecule has 0 radical (unpaired) electrons. The molecule has 2 rings (SSSR count). The Hall–Kier alpha value is -2.59. The molecule has 2 aromatic carbocycles. The van der Waals surface area contributed by atoms with Gasteiger partial charge in [0.2, 0.25) is 0 Å². The van der Waals surface area contributed by atoms with Gasteiger partial charge in [-0.15, -0.1) is 0 Å². The fourth-order valence-corrected chi connectivity index (χ4v) is 2.29. The Bertz CT molecular complexity index is 793. The highest BCUT2D eigenvalue weighted by atomic mass is 35.5. The van der Waals surface area contributed by atoms with Crippen LogP contribution in [-0.2, 0) is 4.79 Å². The average molecular weight is 357 g/mol. The molecule has 130 valence electrons. The standard InChI is InChI=1S/C20H21ClN2O2/c1-20(2,3)23-19(25)17(13-15-11-7-8-12-16(15)21)22-18(24)14-9-5-4-6-10-14/h4-13H,1-3H3,(H,22,24)(H,23,25)/b17-13+. The second kappa shape index (κ2) is 7.99. The van der Waals surface area contributed by atoms with Crippen molar-refractivity contribution in [1.82, 2.24) is 10.6 Å². The van der Waals surface area contributed by atoms with E-state index >= 15 is 0 Å². The Morgan fingerprint density at radius 2 is 1.56 bits per heavy atom. The number of benzene rings is 2. The van der Waals surface area contributed by atoms with Gasteiger partial charge in [-0.3, -0.25) is 9.59 Å². The van der Waals surface area contributed by atoms with Gasteiger partial charge >= 0.3 is 0 Å². The molecule has 2 aromatic rings. The molecule has 0 aliphatic heterocycles. The summed E-state index contributed by atoms with van der Waals surface area (Å²) in [5, 5.41) is 6.03. The number of nitrogens with one attached hydrogen (secondary N) is 2. The van der Waals surface area contributed by atoms with Gasteiger partial charge in [0.05, 0.1) is 0 Å². The third-order valence-electron chi connectivity index (χ3n) is 3.22. The predicted octanol–water partition coefficient (Wildman–Crippen LogP) is 4.03. The minimum atomic E-state index is -0.436. The van der Waals surface area contributed by atoms with Gasteiger partial charge in [-0.05, 0) is 50.6 Å². The summed E-state index contributed by atoms with van der Waals surface area (Å²) < 4.78 is 0. The molecular formula is C20H21ClN2O2. The summed E-state index contributed by atoms with van der Waals surface area (Å²) in [7, 11) is 0. The first-order chi connectivity index (χ1) is 11.8. The second-order valence-electron chi connectivity index (χ2n) is 6.60. The molecule has 0 unspecified atom stereocenters. The molecule has 0 aliphatic rings. The van der Waals surface area contributed by atoms with Crippen molar-refractivity contribution in [3.8, 4) is 0 Å². The Kier molecular flexibility index (Phi) is 5.99. The topological polar surface area (TPSA) is 58.2 Å². The third kappa shape index (κ3) is 5.76. The van der Waals surface area contributed by atoms with Gasteiger partial charge < -0.3 is 10.6 Å². The largest absolute Gasteiger partial charge is 0.346 e. The number of carbonyl (C=O) groups excluding carboxylic acids is 2. The van der Waals surface area contributed by atoms with Gasteiger partial charge in [0.15, 0.2) is 0 Å². The molecule has 0 aliphatic carbocycles. The Labute approximate surface area is 152 Å². The average Bonchev–Trinajstić information content (AvgIpc) is 2.55. The molecule has 0 bridgehead atoms. The SMILES string of the molecule is CC(C)(C)NC(=O)/C(=C\c1ccccc1Cl)NC(=O)c1ccccc1. The first-order valence-electron chi connectivity index (χ1n) is 7.91. The lowest BCUT2D eigenvalue weighted by atomic mass is 10.1. The number of amides is 2. The highest BCUT2D eigenvalue weighted by molar-refractivity contribution is 6.32. The smallest absolute Gasteiger partial charge is 0.268 e. The minimum absolute atomic E-state index is 0.136. The zero-order valence-corrected chi connectivity index (χ0v) is 15.2. The highest BCUT2D eigenvalue weighted by Gasteiger charge is 2.20. The van der Waals surface area contributed by atoms with Gasteiger partial charge in [-0.25, -0.2) is 0 Å². The molecule has 0 atom stereocenters. The van der Waals surface area contributed by atoms with Crippen LogP contribution in [0.5, 0.6) is 0 Å². The summed E-state index contributed by atoms with van der Waals surface area (Å²) in [6, 6.07) is 15.8. The Balaban J connectivity index is 2.34. The van der Waals surface area contributed by atoms with Crippen molar-refractivity contribution < 1.29 is 9.59 Å². The van der Waals surface area contributed by atoms with Crippen molar-refractivity contribution in [3.63, 3.8) is 0 Å². The number of hydrogen-bond acceptors (Lipinski definition) is 2. The number of carbonyl (C=O) groups is 2. The zero-order valence-electron chi connectivity index (χ0n) is 14.5. The van der Waals surface area contributed by atoms with E-state index in [0.29, 0.717) is 16.1 Å². The number of halogens is 1. The van der Waals surface area contributed by atoms with Gasteiger partial charge in [0.1, 0.15) is 5.70 Å². The second-order valence-corrected chi connectivity index (χ2v) is 7.01. The zero-order chi connectivity index (χ0) is 18.4. The van der Waals surface area contributed by atoms with E-state index in [0.717, 1.165) is 0 Å². The van der Waals surface area contributed by atoms with E-state index in [1.807, 2.05) is 32.9 Å². The molecular weight excluding hydrogens is 336 g/mol.